The summed E-state index contributed by atoms with van der Waals surface area (Å²) in [6.07, 6.45) is 3.38. The fourth-order valence-corrected chi connectivity index (χ4v) is 2.34. The van der Waals surface area contributed by atoms with E-state index >= 15 is 0 Å². The monoisotopic (exact) mass is 346 g/mol. The standard InChI is InChI=1S/C19H18N6O/c1-12-15(7-4-13-5-8-16(21-2)22-10-13)18(25-19(20)24-12)14-6-9-17(26-3)23-11-14/h5-6,8-11H,1-3H3,(H,21,22)(H2,20,24,25). The second kappa shape index (κ2) is 7.49. The smallest absolute Gasteiger partial charge is 0.220 e. The van der Waals surface area contributed by atoms with Gasteiger partial charge in [-0.1, -0.05) is 11.8 Å². The van der Waals surface area contributed by atoms with E-state index in [4.69, 9.17) is 10.5 Å². The molecule has 0 bridgehead atoms. The van der Waals surface area contributed by atoms with Crippen molar-refractivity contribution in [2.24, 2.45) is 0 Å². The molecule has 0 aliphatic heterocycles. The van der Waals surface area contributed by atoms with E-state index in [9.17, 15) is 0 Å². The van der Waals surface area contributed by atoms with Crippen molar-refractivity contribution in [3.63, 3.8) is 0 Å². The molecule has 0 fully saturated rings. The maximum absolute atomic E-state index is 5.83. The fourth-order valence-electron chi connectivity index (χ4n) is 2.34. The molecule has 0 radical (unpaired) electrons. The first-order chi connectivity index (χ1) is 12.6. The molecule has 0 aromatic carbocycles. The number of nitrogens with zero attached hydrogens (tertiary/aromatic N) is 4. The second-order valence-corrected chi connectivity index (χ2v) is 5.41. The average Bonchev–Trinajstić information content (AvgIpc) is 2.67. The van der Waals surface area contributed by atoms with Crippen molar-refractivity contribution in [1.82, 2.24) is 19.9 Å². The van der Waals surface area contributed by atoms with Gasteiger partial charge in [-0.15, -0.1) is 0 Å². The summed E-state index contributed by atoms with van der Waals surface area (Å²) < 4.78 is 5.10. The normalized spacial score (nSPS) is 9.96. The van der Waals surface area contributed by atoms with Crippen LogP contribution in [0, 0.1) is 18.8 Å². The van der Waals surface area contributed by atoms with Gasteiger partial charge in [0.15, 0.2) is 0 Å². The highest BCUT2D eigenvalue weighted by molar-refractivity contribution is 5.69. The number of hydrogen-bond donors (Lipinski definition) is 2. The van der Waals surface area contributed by atoms with Crippen LogP contribution in [0.3, 0.4) is 0 Å². The number of rotatable bonds is 3. The Morgan fingerprint density at radius 1 is 1.04 bits per heavy atom. The molecule has 7 nitrogen and oxygen atoms in total. The molecule has 3 aromatic heterocycles. The molecule has 3 rings (SSSR count). The van der Waals surface area contributed by atoms with Crippen LogP contribution in [0.1, 0.15) is 16.8 Å². The Labute approximate surface area is 151 Å². The number of nitrogen functional groups attached to an aromatic ring is 1. The number of nitrogens with one attached hydrogen (secondary N) is 1. The zero-order valence-corrected chi connectivity index (χ0v) is 14.7. The zero-order valence-electron chi connectivity index (χ0n) is 14.7. The van der Waals surface area contributed by atoms with Crippen LogP contribution >= 0.6 is 0 Å². The molecule has 0 aliphatic carbocycles. The molecule has 7 heteroatoms. The molecule has 0 amide bonds. The number of ether oxygens (including phenoxy) is 1. The van der Waals surface area contributed by atoms with E-state index < -0.39 is 0 Å². The second-order valence-electron chi connectivity index (χ2n) is 5.41. The number of methoxy groups -OCH3 is 1. The largest absolute Gasteiger partial charge is 0.481 e. The minimum absolute atomic E-state index is 0.193. The Balaban J connectivity index is 2.04. The highest BCUT2D eigenvalue weighted by Gasteiger charge is 2.12. The molecule has 3 aromatic rings. The summed E-state index contributed by atoms with van der Waals surface area (Å²) in [5.41, 5.74) is 9.45. The van der Waals surface area contributed by atoms with Crippen LogP contribution in [0.5, 0.6) is 5.88 Å². The number of pyridine rings is 2. The van der Waals surface area contributed by atoms with Gasteiger partial charge in [-0.25, -0.2) is 19.9 Å². The van der Waals surface area contributed by atoms with E-state index in [0.29, 0.717) is 22.8 Å². The van der Waals surface area contributed by atoms with Crippen LogP contribution < -0.4 is 15.8 Å². The molecule has 3 heterocycles. The van der Waals surface area contributed by atoms with Crippen LogP contribution in [-0.2, 0) is 0 Å². The predicted octanol–water partition coefficient (Wildman–Crippen LogP) is 2.27. The summed E-state index contributed by atoms with van der Waals surface area (Å²) in [7, 11) is 3.39. The Morgan fingerprint density at radius 2 is 1.88 bits per heavy atom. The number of nitrogens with two attached hydrogens (primary N) is 1. The summed E-state index contributed by atoms with van der Waals surface area (Å²) in [5.74, 6) is 7.74. The molecular formula is C19H18N6O. The molecule has 26 heavy (non-hydrogen) atoms. The van der Waals surface area contributed by atoms with E-state index in [2.05, 4.69) is 37.1 Å². The minimum Gasteiger partial charge on any atom is -0.481 e. The predicted molar refractivity (Wildman–Crippen MR) is 101 cm³/mol. The van der Waals surface area contributed by atoms with E-state index in [1.54, 1.807) is 25.6 Å². The maximum Gasteiger partial charge on any atom is 0.220 e. The Bertz CT molecular complexity index is 972. The van der Waals surface area contributed by atoms with Gasteiger partial charge >= 0.3 is 0 Å². The molecule has 0 spiro atoms. The molecule has 0 unspecified atom stereocenters. The lowest BCUT2D eigenvalue weighted by atomic mass is 10.1. The lowest BCUT2D eigenvalue weighted by Gasteiger charge is -2.08. The minimum atomic E-state index is 0.193. The SMILES string of the molecule is CNc1ccc(C#Cc2c(C)nc(N)nc2-c2ccc(OC)nc2)cn1. The summed E-state index contributed by atoms with van der Waals surface area (Å²) in [6.45, 7) is 1.85. The van der Waals surface area contributed by atoms with Crippen LogP contribution in [0.4, 0.5) is 11.8 Å². The summed E-state index contributed by atoms with van der Waals surface area (Å²) in [5, 5.41) is 2.97. The number of aryl methyl sites for hydroxylation is 1. The van der Waals surface area contributed by atoms with Gasteiger partial charge in [0.1, 0.15) is 5.82 Å². The topological polar surface area (TPSA) is 98.8 Å². The van der Waals surface area contributed by atoms with Crippen molar-refractivity contribution in [2.45, 2.75) is 6.92 Å². The fraction of sp³-hybridized carbons (Fsp3) is 0.158. The van der Waals surface area contributed by atoms with E-state index in [1.165, 1.54) is 0 Å². The number of hydrogen-bond acceptors (Lipinski definition) is 7. The van der Waals surface area contributed by atoms with Crippen molar-refractivity contribution >= 4 is 11.8 Å². The van der Waals surface area contributed by atoms with Crippen LogP contribution in [0.25, 0.3) is 11.3 Å². The van der Waals surface area contributed by atoms with E-state index in [-0.39, 0.29) is 5.95 Å². The summed E-state index contributed by atoms with van der Waals surface area (Å²) in [4.78, 5) is 17.1. The highest BCUT2D eigenvalue weighted by atomic mass is 16.5. The van der Waals surface area contributed by atoms with Crippen molar-refractivity contribution < 1.29 is 4.74 Å². The Morgan fingerprint density at radius 3 is 2.50 bits per heavy atom. The maximum atomic E-state index is 5.83. The van der Waals surface area contributed by atoms with Gasteiger partial charge < -0.3 is 15.8 Å². The van der Waals surface area contributed by atoms with Gasteiger partial charge in [0, 0.05) is 36.6 Å². The van der Waals surface area contributed by atoms with Gasteiger partial charge in [-0.05, 0) is 25.1 Å². The molecule has 0 saturated carbocycles. The third-order valence-corrected chi connectivity index (χ3v) is 3.68. The van der Waals surface area contributed by atoms with Crippen molar-refractivity contribution in [3.05, 3.63) is 53.5 Å². The van der Waals surface area contributed by atoms with Gasteiger partial charge in [0.25, 0.3) is 0 Å². The van der Waals surface area contributed by atoms with Crippen molar-refractivity contribution in [3.8, 4) is 29.0 Å². The molecule has 0 atom stereocenters. The van der Waals surface area contributed by atoms with E-state index in [0.717, 1.165) is 16.9 Å². The zero-order chi connectivity index (χ0) is 18.5. The quantitative estimate of drug-likeness (QED) is 0.702. The average molecular weight is 346 g/mol. The third kappa shape index (κ3) is 3.70. The number of aromatic nitrogens is 4. The van der Waals surface area contributed by atoms with E-state index in [1.807, 2.05) is 32.2 Å². The van der Waals surface area contributed by atoms with Crippen LogP contribution in [-0.4, -0.2) is 34.1 Å². The first-order valence-electron chi connectivity index (χ1n) is 7.91. The molecule has 0 saturated heterocycles. The van der Waals surface area contributed by atoms with Gasteiger partial charge in [-0.2, -0.15) is 0 Å². The van der Waals surface area contributed by atoms with Gasteiger partial charge in [0.2, 0.25) is 11.8 Å². The van der Waals surface area contributed by atoms with Crippen molar-refractivity contribution in [2.75, 3.05) is 25.2 Å². The third-order valence-electron chi connectivity index (χ3n) is 3.68. The molecule has 130 valence electrons. The van der Waals surface area contributed by atoms with Gasteiger partial charge in [-0.3, -0.25) is 0 Å². The Hall–Kier alpha value is -3.66. The van der Waals surface area contributed by atoms with Crippen molar-refractivity contribution in [1.29, 1.82) is 0 Å². The first-order valence-corrected chi connectivity index (χ1v) is 7.91. The van der Waals surface area contributed by atoms with Gasteiger partial charge in [0.05, 0.1) is 24.1 Å². The molecule has 0 aliphatic rings. The Kier molecular flexibility index (Phi) is 4.94. The van der Waals surface area contributed by atoms with Crippen LogP contribution in [0.2, 0.25) is 0 Å². The highest BCUT2D eigenvalue weighted by Crippen LogP contribution is 2.24. The molecule has 3 N–H and O–H groups in total. The number of anilines is 2. The first kappa shape index (κ1) is 17.2. The summed E-state index contributed by atoms with van der Waals surface area (Å²) in [6, 6.07) is 7.39. The van der Waals surface area contributed by atoms with Crippen LogP contribution in [0.15, 0.2) is 36.7 Å². The molecular weight excluding hydrogens is 328 g/mol. The lowest BCUT2D eigenvalue weighted by molar-refractivity contribution is 0.398. The summed E-state index contributed by atoms with van der Waals surface area (Å²) >= 11 is 0. The lowest BCUT2D eigenvalue weighted by Crippen LogP contribution is -2.03.